The average molecular weight is 1040 g/mol. The second kappa shape index (κ2) is 27.8. The number of nitrogens with one attached hydrogen (secondary N) is 4. The molecule has 6 rings (SSSR count). The molecule has 410 valence electrons. The Labute approximate surface area is 444 Å². The fourth-order valence-electron chi connectivity index (χ4n) is 11.7. The Morgan fingerprint density at radius 3 is 2.16 bits per heavy atom. The predicted octanol–water partition coefficient (Wildman–Crippen LogP) is 5.75. The lowest BCUT2D eigenvalue weighted by molar-refractivity contribution is -0.147. The first-order chi connectivity index (χ1) is 35.9. The topological polar surface area (TPSA) is 213 Å². The number of carbonyl (C=O) groups excluding carboxylic acids is 8. The van der Waals surface area contributed by atoms with Crippen molar-refractivity contribution in [3.05, 3.63) is 77.9 Å². The number of anilines is 1. The Morgan fingerprint density at radius 2 is 1.55 bits per heavy atom. The van der Waals surface area contributed by atoms with Crippen molar-refractivity contribution in [3.8, 4) is 0 Å². The van der Waals surface area contributed by atoms with Crippen LogP contribution in [0.15, 0.2) is 66.7 Å². The molecule has 4 N–H and O–H groups in total. The minimum Gasteiger partial charge on any atom is -0.379 e. The fourth-order valence-corrected chi connectivity index (χ4v) is 11.7. The SMILES string of the molecule is CC[C@H](C)[C@@H]([C@@H](CC(=O)N1CCC[C@H]1[C@H](OC)[C@@H](C)C(=O)C[C@@H](Cc1ccccc1)C(=O)Nc1ccc(CNC(=O)CCCCCN2C(=O)C=CC2=O)cc1)OC)N(C)C(=O)[C@@H](NC(=O)[C@H]1N[C@H]2CC[C@H]1C2)C(C)C. The summed E-state index contributed by atoms with van der Waals surface area (Å²) in [6, 6.07) is 15.1. The highest BCUT2D eigenvalue weighted by molar-refractivity contribution is 6.12. The van der Waals surface area contributed by atoms with Crippen LogP contribution in [0, 0.1) is 29.6 Å². The number of carbonyl (C=O) groups is 8. The molecule has 3 fully saturated rings. The van der Waals surface area contributed by atoms with Crippen LogP contribution in [0.5, 0.6) is 0 Å². The molecule has 0 spiro atoms. The molecule has 75 heavy (non-hydrogen) atoms. The number of piperidine rings is 1. The number of hydrogen-bond donors (Lipinski definition) is 4. The Balaban J connectivity index is 1.04. The number of imide groups is 1. The Morgan fingerprint density at radius 1 is 0.840 bits per heavy atom. The maximum Gasteiger partial charge on any atom is 0.253 e. The third kappa shape index (κ3) is 15.4. The number of likely N-dealkylation sites (N-methyl/N-ethyl adjacent to an activating group) is 1. The lowest BCUT2D eigenvalue weighted by Gasteiger charge is -2.41. The van der Waals surface area contributed by atoms with Gasteiger partial charge in [-0.1, -0.05) is 89.9 Å². The van der Waals surface area contributed by atoms with Crippen LogP contribution in [-0.4, -0.2) is 139 Å². The predicted molar refractivity (Wildman–Crippen MR) is 285 cm³/mol. The summed E-state index contributed by atoms with van der Waals surface area (Å²) in [4.78, 5) is 112. The van der Waals surface area contributed by atoms with Crippen LogP contribution in [0.1, 0.15) is 123 Å². The van der Waals surface area contributed by atoms with Gasteiger partial charge in [0.05, 0.1) is 36.8 Å². The van der Waals surface area contributed by atoms with Gasteiger partial charge in [0.2, 0.25) is 29.5 Å². The van der Waals surface area contributed by atoms with Crippen molar-refractivity contribution in [1.82, 2.24) is 30.7 Å². The highest BCUT2D eigenvalue weighted by atomic mass is 16.5. The number of ketones is 1. The summed E-state index contributed by atoms with van der Waals surface area (Å²) in [7, 11) is 4.86. The lowest BCUT2D eigenvalue weighted by atomic mass is 9.85. The minimum absolute atomic E-state index is 0.00418. The number of Topliss-reactive ketones (excluding diaryl/α,β-unsaturated/α-hetero) is 1. The van der Waals surface area contributed by atoms with Gasteiger partial charge in [0.15, 0.2) is 0 Å². The third-order valence-electron chi connectivity index (χ3n) is 16.3. The van der Waals surface area contributed by atoms with Crippen molar-refractivity contribution >= 4 is 52.8 Å². The van der Waals surface area contributed by atoms with Gasteiger partial charge in [0.25, 0.3) is 11.8 Å². The van der Waals surface area contributed by atoms with Crippen molar-refractivity contribution in [3.63, 3.8) is 0 Å². The molecule has 11 atom stereocenters. The summed E-state index contributed by atoms with van der Waals surface area (Å²) in [6.07, 6.45) is 8.86. The Hall–Kier alpha value is -5.78. The van der Waals surface area contributed by atoms with Gasteiger partial charge in [-0.25, -0.2) is 0 Å². The molecule has 1 saturated carbocycles. The quantitative estimate of drug-likeness (QED) is 0.0570. The molecule has 3 heterocycles. The standard InChI is InChI=1S/C58H83N7O10/c1-9-37(4)54(63(6)58(73)52(36(2)3)62-57(72)53-41-23-26-44(32-41)60-53)47(74-7)34-51(70)64-30-16-19-45(64)55(75-8)38(5)46(66)33-42(31-39-17-12-10-13-18-39)56(71)61-43-24-21-40(22-25-43)35-59-48(67)20-14-11-15-29-65-49(68)27-28-50(65)69/h10,12-13,17-18,21-22,24-25,27-28,36-38,41-42,44-45,47,52-55,60H,9,11,14-16,19-20,23,26,29-35H2,1-8H3,(H,59,67)(H,61,71)(H,62,72)/t37-,38-,41-,42+,44-,45-,47+,52-,53-,54-,55+/m0/s1. The number of amides is 7. The molecule has 17 heteroatoms. The second-order valence-corrected chi connectivity index (χ2v) is 21.7. The summed E-state index contributed by atoms with van der Waals surface area (Å²) in [5.41, 5.74) is 2.29. The van der Waals surface area contributed by atoms with E-state index in [9.17, 15) is 38.4 Å². The smallest absolute Gasteiger partial charge is 0.253 e. The number of unbranched alkanes of at least 4 members (excludes halogenated alkanes) is 2. The monoisotopic (exact) mass is 1040 g/mol. The second-order valence-electron chi connectivity index (χ2n) is 21.7. The third-order valence-corrected chi connectivity index (χ3v) is 16.3. The highest BCUT2D eigenvalue weighted by Crippen LogP contribution is 2.36. The number of rotatable bonds is 29. The van der Waals surface area contributed by atoms with Crippen molar-refractivity contribution in [2.75, 3.05) is 39.7 Å². The molecule has 2 saturated heterocycles. The normalized spacial score (nSPS) is 21.9. The summed E-state index contributed by atoms with van der Waals surface area (Å²) >= 11 is 0. The maximum absolute atomic E-state index is 14.5. The van der Waals surface area contributed by atoms with Crippen LogP contribution in [0.3, 0.4) is 0 Å². The number of likely N-dealkylation sites (tertiary alicyclic amines) is 1. The molecule has 2 bridgehead atoms. The Kier molecular flexibility index (Phi) is 21.7. The van der Waals surface area contributed by atoms with Crippen LogP contribution in [0.4, 0.5) is 5.69 Å². The highest BCUT2D eigenvalue weighted by Gasteiger charge is 2.46. The molecule has 17 nitrogen and oxygen atoms in total. The summed E-state index contributed by atoms with van der Waals surface area (Å²) < 4.78 is 12.2. The first-order valence-electron chi connectivity index (χ1n) is 27.4. The zero-order valence-electron chi connectivity index (χ0n) is 45.5. The molecule has 2 aromatic carbocycles. The molecular formula is C58H83N7O10. The number of methoxy groups -OCH3 is 2. The number of benzene rings is 2. The van der Waals surface area contributed by atoms with Gasteiger partial charge < -0.3 is 40.5 Å². The van der Waals surface area contributed by atoms with Gasteiger partial charge in [-0.15, -0.1) is 0 Å². The van der Waals surface area contributed by atoms with E-state index in [1.165, 1.54) is 17.1 Å². The zero-order valence-corrected chi connectivity index (χ0v) is 45.5. The van der Waals surface area contributed by atoms with Crippen LogP contribution in [-0.2, 0) is 60.8 Å². The molecule has 2 aromatic rings. The minimum atomic E-state index is -0.756. The first kappa shape index (κ1) is 58.5. The molecular weight excluding hydrogens is 955 g/mol. The van der Waals surface area contributed by atoms with Crippen molar-refractivity contribution in [2.45, 2.75) is 167 Å². The average Bonchev–Trinajstić information content (AvgIpc) is 4.24. The van der Waals surface area contributed by atoms with Crippen LogP contribution < -0.4 is 21.3 Å². The molecule has 3 aliphatic heterocycles. The van der Waals surface area contributed by atoms with E-state index >= 15 is 0 Å². The van der Waals surface area contributed by atoms with Crippen LogP contribution >= 0.6 is 0 Å². The molecule has 4 aliphatic rings. The molecule has 0 aromatic heterocycles. The van der Waals surface area contributed by atoms with Gasteiger partial charge >= 0.3 is 0 Å². The Bertz CT molecular complexity index is 2310. The number of ether oxygens (including phenoxy) is 2. The number of hydrogen-bond acceptors (Lipinski definition) is 11. The van der Waals surface area contributed by atoms with Gasteiger partial charge in [0.1, 0.15) is 11.8 Å². The van der Waals surface area contributed by atoms with Gasteiger partial charge in [-0.2, -0.15) is 0 Å². The first-order valence-corrected chi connectivity index (χ1v) is 27.4. The van der Waals surface area contributed by atoms with Gasteiger partial charge in [-0.05, 0) is 92.4 Å². The van der Waals surface area contributed by atoms with E-state index in [2.05, 4.69) is 21.3 Å². The lowest BCUT2D eigenvalue weighted by Crippen LogP contribution is -2.59. The molecule has 0 radical (unpaired) electrons. The molecule has 1 aliphatic carbocycles. The maximum atomic E-state index is 14.5. The van der Waals surface area contributed by atoms with E-state index in [-0.39, 0.29) is 83.8 Å². The largest absolute Gasteiger partial charge is 0.379 e. The van der Waals surface area contributed by atoms with Crippen LogP contribution in [0.2, 0.25) is 0 Å². The van der Waals surface area contributed by atoms with Crippen molar-refractivity contribution in [1.29, 1.82) is 0 Å². The van der Waals surface area contributed by atoms with Crippen LogP contribution in [0.25, 0.3) is 0 Å². The van der Waals surface area contributed by atoms with Gasteiger partial charge in [-0.3, -0.25) is 43.3 Å². The van der Waals surface area contributed by atoms with E-state index < -0.39 is 42.2 Å². The molecule has 7 amide bonds. The molecule has 0 unspecified atom stereocenters. The summed E-state index contributed by atoms with van der Waals surface area (Å²) in [5, 5.41) is 12.5. The van der Waals surface area contributed by atoms with E-state index in [0.717, 1.165) is 36.8 Å². The van der Waals surface area contributed by atoms with Crippen molar-refractivity contribution < 1.29 is 47.8 Å². The van der Waals surface area contributed by atoms with Gasteiger partial charge in [0, 0.05) is 89.5 Å². The van der Waals surface area contributed by atoms with E-state index in [4.69, 9.17) is 9.47 Å². The fraction of sp³-hybridized carbons (Fsp3) is 0.621. The van der Waals surface area contributed by atoms with E-state index in [1.54, 1.807) is 50.1 Å². The van der Waals surface area contributed by atoms with Crippen molar-refractivity contribution in [2.24, 2.45) is 29.6 Å². The summed E-state index contributed by atoms with van der Waals surface area (Å²) in [6.45, 7) is 10.9. The number of nitrogens with zero attached hydrogens (tertiary/aromatic N) is 3. The number of fused-ring (bicyclic) bond motifs is 2. The van der Waals surface area contributed by atoms with E-state index in [0.29, 0.717) is 76.3 Å². The summed E-state index contributed by atoms with van der Waals surface area (Å²) in [5.74, 6) is -3.06. The zero-order chi connectivity index (χ0) is 54.3. The van der Waals surface area contributed by atoms with E-state index in [1.807, 2.05) is 70.2 Å².